The molecule has 0 aromatic heterocycles. The number of amides is 1. The Morgan fingerprint density at radius 1 is 1.08 bits per heavy atom. The van der Waals surface area contributed by atoms with Crippen LogP contribution in [0, 0.1) is 0 Å². The van der Waals surface area contributed by atoms with Gasteiger partial charge in [-0.05, 0) is 36.6 Å². The molecule has 24 heavy (non-hydrogen) atoms. The van der Waals surface area contributed by atoms with Gasteiger partial charge in [-0.15, -0.1) is 0 Å². The van der Waals surface area contributed by atoms with Crippen LogP contribution in [-0.2, 0) is 14.3 Å². The maximum atomic E-state index is 12.1. The van der Waals surface area contributed by atoms with E-state index in [1.807, 2.05) is 37.3 Å². The molecular formula is C19H20ClNO3. The highest BCUT2D eigenvalue weighted by Crippen LogP contribution is 2.19. The molecule has 0 bridgehead atoms. The molecule has 0 aliphatic heterocycles. The molecule has 0 radical (unpaired) electrons. The normalized spacial score (nSPS) is 13.0. The summed E-state index contributed by atoms with van der Waals surface area (Å²) in [5, 5.41) is 3.19. The largest absolute Gasteiger partial charge is 0.453 e. The third kappa shape index (κ3) is 5.39. The Hall–Kier alpha value is -2.33. The second-order valence-corrected chi connectivity index (χ2v) is 6.08. The van der Waals surface area contributed by atoms with E-state index >= 15 is 0 Å². The van der Waals surface area contributed by atoms with Crippen molar-refractivity contribution in [2.24, 2.45) is 0 Å². The van der Waals surface area contributed by atoms with Gasteiger partial charge >= 0.3 is 5.97 Å². The van der Waals surface area contributed by atoms with E-state index in [1.165, 1.54) is 0 Å². The first-order chi connectivity index (χ1) is 11.5. The predicted octanol–water partition coefficient (Wildman–Crippen LogP) is 4.40. The van der Waals surface area contributed by atoms with E-state index in [0.717, 1.165) is 5.56 Å². The van der Waals surface area contributed by atoms with Crippen molar-refractivity contribution in [2.75, 3.05) is 5.32 Å². The van der Waals surface area contributed by atoms with Gasteiger partial charge in [0.05, 0.1) is 6.42 Å². The first kappa shape index (κ1) is 18.0. The summed E-state index contributed by atoms with van der Waals surface area (Å²) in [7, 11) is 0. The molecule has 2 atom stereocenters. The number of hydrogen-bond donors (Lipinski definition) is 1. The smallest absolute Gasteiger partial charge is 0.307 e. The minimum absolute atomic E-state index is 0.0295. The Morgan fingerprint density at radius 3 is 2.46 bits per heavy atom. The summed E-state index contributed by atoms with van der Waals surface area (Å²) < 4.78 is 5.22. The zero-order valence-corrected chi connectivity index (χ0v) is 14.4. The molecule has 126 valence electrons. The van der Waals surface area contributed by atoms with Crippen molar-refractivity contribution >= 4 is 29.2 Å². The molecule has 0 fully saturated rings. The van der Waals surface area contributed by atoms with Crippen LogP contribution in [0.1, 0.15) is 31.7 Å². The SMILES string of the molecule is C[C@@H](OC(=O)C[C@H](C)c1ccccc1)C(=O)Nc1cccc(Cl)c1. The average molecular weight is 346 g/mol. The Kier molecular flexibility index (Phi) is 6.38. The maximum Gasteiger partial charge on any atom is 0.307 e. The number of esters is 1. The van der Waals surface area contributed by atoms with Crippen molar-refractivity contribution < 1.29 is 14.3 Å². The molecule has 0 saturated heterocycles. The zero-order chi connectivity index (χ0) is 17.5. The lowest BCUT2D eigenvalue weighted by molar-refractivity contribution is -0.153. The van der Waals surface area contributed by atoms with Gasteiger partial charge in [0.2, 0.25) is 0 Å². The Labute approximate surface area is 146 Å². The summed E-state index contributed by atoms with van der Waals surface area (Å²) in [5.41, 5.74) is 1.62. The van der Waals surface area contributed by atoms with Crippen LogP contribution in [0.3, 0.4) is 0 Å². The second-order valence-electron chi connectivity index (χ2n) is 5.65. The zero-order valence-electron chi connectivity index (χ0n) is 13.7. The highest BCUT2D eigenvalue weighted by molar-refractivity contribution is 6.30. The van der Waals surface area contributed by atoms with E-state index in [4.69, 9.17) is 16.3 Å². The minimum atomic E-state index is -0.876. The van der Waals surface area contributed by atoms with E-state index in [2.05, 4.69) is 5.32 Å². The van der Waals surface area contributed by atoms with Crippen LogP contribution >= 0.6 is 11.6 Å². The number of ether oxygens (including phenoxy) is 1. The Morgan fingerprint density at radius 2 is 1.79 bits per heavy atom. The minimum Gasteiger partial charge on any atom is -0.453 e. The molecule has 0 saturated carbocycles. The maximum absolute atomic E-state index is 12.1. The summed E-state index contributed by atoms with van der Waals surface area (Å²) in [4.78, 5) is 24.1. The number of rotatable bonds is 6. The fourth-order valence-electron chi connectivity index (χ4n) is 2.26. The third-order valence-corrected chi connectivity index (χ3v) is 3.85. The number of halogens is 1. The summed E-state index contributed by atoms with van der Waals surface area (Å²) in [5.74, 6) is -0.764. The number of hydrogen-bond acceptors (Lipinski definition) is 3. The molecule has 4 nitrogen and oxygen atoms in total. The van der Waals surface area contributed by atoms with Crippen LogP contribution in [0.2, 0.25) is 5.02 Å². The lowest BCUT2D eigenvalue weighted by Crippen LogP contribution is -2.30. The van der Waals surface area contributed by atoms with Gasteiger partial charge in [-0.25, -0.2) is 0 Å². The van der Waals surface area contributed by atoms with Crippen LogP contribution in [0.4, 0.5) is 5.69 Å². The van der Waals surface area contributed by atoms with Crippen LogP contribution in [0.25, 0.3) is 0 Å². The molecule has 0 aliphatic rings. The second kappa shape index (κ2) is 8.50. The van der Waals surface area contributed by atoms with E-state index in [-0.39, 0.29) is 12.3 Å². The van der Waals surface area contributed by atoms with Gasteiger partial charge in [-0.3, -0.25) is 9.59 Å². The summed E-state index contributed by atoms with van der Waals surface area (Å²) >= 11 is 5.87. The van der Waals surface area contributed by atoms with E-state index < -0.39 is 18.0 Å². The first-order valence-electron chi connectivity index (χ1n) is 7.76. The quantitative estimate of drug-likeness (QED) is 0.789. The van der Waals surface area contributed by atoms with Gasteiger partial charge in [-0.1, -0.05) is 54.9 Å². The number of benzene rings is 2. The van der Waals surface area contributed by atoms with Crippen LogP contribution in [-0.4, -0.2) is 18.0 Å². The number of carbonyl (C=O) groups is 2. The van der Waals surface area contributed by atoms with Gasteiger partial charge in [-0.2, -0.15) is 0 Å². The summed E-state index contributed by atoms with van der Waals surface area (Å²) in [6.45, 7) is 3.50. The topological polar surface area (TPSA) is 55.4 Å². The number of anilines is 1. The van der Waals surface area contributed by atoms with Crippen molar-refractivity contribution in [3.05, 3.63) is 65.2 Å². The first-order valence-corrected chi connectivity index (χ1v) is 8.14. The molecule has 0 spiro atoms. The molecule has 1 N–H and O–H groups in total. The van der Waals surface area contributed by atoms with Gasteiger partial charge in [0, 0.05) is 10.7 Å². The molecule has 5 heteroatoms. The van der Waals surface area contributed by atoms with Gasteiger partial charge in [0.1, 0.15) is 0 Å². The number of nitrogens with one attached hydrogen (secondary N) is 1. The predicted molar refractivity (Wildman–Crippen MR) is 95.1 cm³/mol. The summed E-state index contributed by atoms with van der Waals surface area (Å²) in [6.07, 6.45) is -0.654. The van der Waals surface area contributed by atoms with E-state index in [1.54, 1.807) is 31.2 Å². The molecule has 2 rings (SSSR count). The van der Waals surface area contributed by atoms with Crippen molar-refractivity contribution in [1.29, 1.82) is 0 Å². The van der Waals surface area contributed by atoms with Gasteiger partial charge in [0.25, 0.3) is 5.91 Å². The van der Waals surface area contributed by atoms with Crippen LogP contribution < -0.4 is 5.32 Å². The average Bonchev–Trinajstić information content (AvgIpc) is 2.55. The van der Waals surface area contributed by atoms with Crippen molar-refractivity contribution in [2.45, 2.75) is 32.3 Å². The third-order valence-electron chi connectivity index (χ3n) is 3.61. The summed E-state index contributed by atoms with van der Waals surface area (Å²) in [6, 6.07) is 16.5. The fourth-order valence-corrected chi connectivity index (χ4v) is 2.45. The monoisotopic (exact) mass is 345 g/mol. The Bertz CT molecular complexity index is 703. The molecule has 2 aromatic carbocycles. The standard InChI is InChI=1S/C19H20ClNO3/c1-13(15-7-4-3-5-8-15)11-18(22)24-14(2)19(23)21-17-10-6-9-16(20)12-17/h3-10,12-14H,11H2,1-2H3,(H,21,23)/t13-,14+/m0/s1. The molecule has 0 heterocycles. The van der Waals surface area contributed by atoms with Crippen LogP contribution in [0.5, 0.6) is 0 Å². The van der Waals surface area contributed by atoms with E-state index in [0.29, 0.717) is 10.7 Å². The lowest BCUT2D eigenvalue weighted by Gasteiger charge is -2.16. The molecule has 2 aromatic rings. The van der Waals surface area contributed by atoms with Crippen molar-refractivity contribution in [3.8, 4) is 0 Å². The molecular weight excluding hydrogens is 326 g/mol. The van der Waals surface area contributed by atoms with E-state index in [9.17, 15) is 9.59 Å². The Balaban J connectivity index is 1.85. The van der Waals surface area contributed by atoms with Crippen molar-refractivity contribution in [1.82, 2.24) is 0 Å². The molecule has 0 aliphatic carbocycles. The van der Waals surface area contributed by atoms with Crippen LogP contribution in [0.15, 0.2) is 54.6 Å². The number of carbonyl (C=O) groups excluding carboxylic acids is 2. The highest BCUT2D eigenvalue weighted by Gasteiger charge is 2.20. The lowest BCUT2D eigenvalue weighted by atomic mass is 9.98. The molecule has 1 amide bonds. The molecule has 0 unspecified atom stereocenters. The van der Waals surface area contributed by atoms with Gasteiger partial charge in [0.15, 0.2) is 6.10 Å². The fraction of sp³-hybridized carbons (Fsp3) is 0.263. The van der Waals surface area contributed by atoms with Crippen molar-refractivity contribution in [3.63, 3.8) is 0 Å². The van der Waals surface area contributed by atoms with Gasteiger partial charge < -0.3 is 10.1 Å². The highest BCUT2D eigenvalue weighted by atomic mass is 35.5.